The van der Waals surface area contributed by atoms with E-state index < -0.39 is 6.03 Å². The Labute approximate surface area is 211 Å². The van der Waals surface area contributed by atoms with E-state index in [1.807, 2.05) is 24.3 Å². The first-order valence-electron chi connectivity index (χ1n) is 11.7. The summed E-state index contributed by atoms with van der Waals surface area (Å²) in [7, 11) is 0. The topological polar surface area (TPSA) is 82.3 Å². The number of ether oxygens (including phenoxy) is 1. The van der Waals surface area contributed by atoms with Crippen LogP contribution in [0.4, 0.5) is 4.79 Å². The van der Waals surface area contributed by atoms with Crippen LogP contribution in [0.2, 0.25) is 5.02 Å². The monoisotopic (exact) mass is 494 g/mol. The highest BCUT2D eigenvalue weighted by Gasteiger charge is 2.26. The molecule has 3 aromatic rings. The van der Waals surface area contributed by atoms with Crippen molar-refractivity contribution in [3.05, 3.63) is 101 Å². The van der Waals surface area contributed by atoms with E-state index in [-0.39, 0.29) is 12.6 Å². The summed E-state index contributed by atoms with van der Waals surface area (Å²) in [4.78, 5) is 15.9. The Balaban J connectivity index is 1.28. The second-order valence-corrected chi connectivity index (χ2v) is 9.07. The molecule has 1 aliphatic rings. The molecule has 0 bridgehead atoms. The lowest BCUT2D eigenvalue weighted by Crippen LogP contribution is -2.48. The highest BCUT2D eigenvalue weighted by molar-refractivity contribution is 6.30. The molecule has 0 saturated carbocycles. The normalized spacial score (nSPS) is 15.5. The molecule has 1 aliphatic heterocycles. The molecule has 8 heteroatoms. The van der Waals surface area contributed by atoms with Gasteiger partial charge in [-0.25, -0.2) is 9.86 Å². The third-order valence-corrected chi connectivity index (χ3v) is 6.51. The number of primary amides is 1. The number of carbonyl (C=O) groups is 1. The van der Waals surface area contributed by atoms with E-state index in [1.165, 1.54) is 11.1 Å². The van der Waals surface area contributed by atoms with Gasteiger partial charge in [0.05, 0.1) is 12.6 Å². The summed E-state index contributed by atoms with van der Waals surface area (Å²) in [6, 6.07) is 25.4. The van der Waals surface area contributed by atoms with E-state index in [0.717, 1.165) is 49.1 Å². The predicted octanol–water partition coefficient (Wildman–Crippen LogP) is 4.40. The minimum absolute atomic E-state index is 0.0416. The van der Waals surface area contributed by atoms with Crippen LogP contribution in [0, 0.1) is 0 Å². The molecule has 4 rings (SSSR count). The zero-order valence-corrected chi connectivity index (χ0v) is 20.3. The van der Waals surface area contributed by atoms with Gasteiger partial charge >= 0.3 is 6.03 Å². The van der Waals surface area contributed by atoms with Crippen molar-refractivity contribution in [2.24, 2.45) is 5.73 Å². The molecule has 7 nitrogen and oxygen atoms in total. The molecule has 35 heavy (non-hydrogen) atoms. The number of rotatable bonds is 9. The quantitative estimate of drug-likeness (QED) is 0.340. The summed E-state index contributed by atoms with van der Waals surface area (Å²) in [5, 5.41) is 10.7. The lowest BCUT2D eigenvalue weighted by Gasteiger charge is -2.39. The van der Waals surface area contributed by atoms with Crippen molar-refractivity contribution in [2.45, 2.75) is 12.6 Å². The van der Waals surface area contributed by atoms with Gasteiger partial charge in [0, 0.05) is 37.7 Å². The third-order valence-electron chi connectivity index (χ3n) is 6.26. The number of hydrogen-bond donors (Lipinski definition) is 2. The maximum atomic E-state index is 10.9. The number of nitrogens with two attached hydrogens (primary N) is 1. The smallest absolute Gasteiger partial charge is 0.338 e. The maximum Gasteiger partial charge on any atom is 0.338 e. The summed E-state index contributed by atoms with van der Waals surface area (Å²) in [6.07, 6.45) is 0. The number of amides is 2. The molecule has 1 unspecified atom stereocenters. The van der Waals surface area contributed by atoms with Crippen LogP contribution >= 0.6 is 11.6 Å². The van der Waals surface area contributed by atoms with Crippen molar-refractivity contribution in [3.63, 3.8) is 0 Å². The second kappa shape index (κ2) is 12.0. The highest BCUT2D eigenvalue weighted by atomic mass is 35.5. The largest absolute Gasteiger partial charge is 0.492 e. The Morgan fingerprint density at radius 1 is 0.943 bits per heavy atom. The zero-order chi connectivity index (χ0) is 24.6. The lowest BCUT2D eigenvalue weighted by molar-refractivity contribution is -0.0470. The lowest BCUT2D eigenvalue weighted by atomic mass is 9.96. The Kier molecular flexibility index (Phi) is 8.60. The summed E-state index contributed by atoms with van der Waals surface area (Å²) in [6.45, 7) is 5.35. The van der Waals surface area contributed by atoms with Crippen molar-refractivity contribution in [2.75, 3.05) is 39.3 Å². The van der Waals surface area contributed by atoms with Crippen LogP contribution < -0.4 is 10.5 Å². The molecule has 2 amide bonds. The van der Waals surface area contributed by atoms with Crippen molar-refractivity contribution < 1.29 is 14.7 Å². The van der Waals surface area contributed by atoms with Gasteiger partial charge in [-0.15, -0.1) is 0 Å². The molecule has 184 valence electrons. The van der Waals surface area contributed by atoms with Crippen LogP contribution in [-0.4, -0.2) is 65.4 Å². The Morgan fingerprint density at radius 3 is 2.20 bits per heavy atom. The molecule has 0 radical (unpaired) electrons. The summed E-state index contributed by atoms with van der Waals surface area (Å²) < 4.78 is 5.90. The third kappa shape index (κ3) is 6.96. The molecule has 1 atom stereocenters. The first-order valence-corrected chi connectivity index (χ1v) is 12.1. The molecular weight excluding hydrogens is 464 g/mol. The van der Waals surface area contributed by atoms with E-state index >= 15 is 0 Å². The van der Waals surface area contributed by atoms with Gasteiger partial charge in [0.1, 0.15) is 12.4 Å². The van der Waals surface area contributed by atoms with Crippen molar-refractivity contribution >= 4 is 17.6 Å². The van der Waals surface area contributed by atoms with Crippen molar-refractivity contribution in [1.29, 1.82) is 0 Å². The number of halogens is 1. The fourth-order valence-corrected chi connectivity index (χ4v) is 4.50. The molecule has 1 heterocycles. The molecule has 1 saturated heterocycles. The van der Waals surface area contributed by atoms with Gasteiger partial charge in [-0.05, 0) is 41.0 Å². The van der Waals surface area contributed by atoms with E-state index in [9.17, 15) is 10.0 Å². The number of hydroxylamine groups is 2. The van der Waals surface area contributed by atoms with Gasteiger partial charge in [0.2, 0.25) is 0 Å². The van der Waals surface area contributed by atoms with Gasteiger partial charge < -0.3 is 10.5 Å². The van der Waals surface area contributed by atoms with Gasteiger partial charge in [-0.3, -0.25) is 15.0 Å². The van der Waals surface area contributed by atoms with Gasteiger partial charge in [0.25, 0.3) is 0 Å². The molecule has 0 aromatic heterocycles. The molecular formula is C27H31ClN4O3. The Morgan fingerprint density at radius 2 is 1.57 bits per heavy atom. The SMILES string of the molecule is NC(=O)N(O)Cc1ccc(OCCN2CCN(C(c3ccccc3)c3ccc(Cl)cc3)CC2)cc1. The average molecular weight is 495 g/mol. The van der Waals surface area contributed by atoms with Crippen LogP contribution in [0.25, 0.3) is 0 Å². The number of hydrogen-bond acceptors (Lipinski definition) is 5. The van der Waals surface area contributed by atoms with E-state index in [1.54, 1.807) is 12.1 Å². The maximum absolute atomic E-state index is 10.9. The standard InChI is InChI=1S/C27H31ClN4O3/c28-24-10-8-23(9-11-24)26(22-4-2-1-3-5-22)31-16-14-30(15-17-31)18-19-35-25-12-6-21(7-13-25)20-32(34)27(29)33/h1-13,26,34H,14-20H2,(H2,29,33). The first kappa shape index (κ1) is 25.0. The number of benzene rings is 3. The summed E-state index contributed by atoms with van der Waals surface area (Å²) in [5.41, 5.74) is 8.34. The van der Waals surface area contributed by atoms with Crippen LogP contribution in [0.1, 0.15) is 22.7 Å². The van der Waals surface area contributed by atoms with Crippen LogP contribution in [0.3, 0.4) is 0 Å². The number of piperazine rings is 1. The van der Waals surface area contributed by atoms with Gasteiger partial charge in [0.15, 0.2) is 0 Å². The fourth-order valence-electron chi connectivity index (χ4n) is 4.37. The molecule has 0 aliphatic carbocycles. The highest BCUT2D eigenvalue weighted by Crippen LogP contribution is 2.30. The minimum atomic E-state index is -0.881. The van der Waals surface area contributed by atoms with Gasteiger partial charge in [-0.2, -0.15) is 0 Å². The molecule has 1 fully saturated rings. The predicted molar refractivity (Wildman–Crippen MR) is 137 cm³/mol. The van der Waals surface area contributed by atoms with E-state index in [0.29, 0.717) is 11.7 Å². The van der Waals surface area contributed by atoms with Crippen molar-refractivity contribution in [1.82, 2.24) is 14.9 Å². The number of carbonyl (C=O) groups excluding carboxylic acids is 1. The van der Waals surface area contributed by atoms with Crippen LogP contribution in [-0.2, 0) is 6.54 Å². The van der Waals surface area contributed by atoms with E-state index in [4.69, 9.17) is 22.1 Å². The van der Waals surface area contributed by atoms with E-state index in [2.05, 4.69) is 52.3 Å². The van der Waals surface area contributed by atoms with Crippen LogP contribution in [0.15, 0.2) is 78.9 Å². The van der Waals surface area contributed by atoms with Crippen LogP contribution in [0.5, 0.6) is 5.75 Å². The molecule has 0 spiro atoms. The Bertz CT molecular complexity index is 1070. The molecule has 3 aromatic carbocycles. The average Bonchev–Trinajstić information content (AvgIpc) is 2.88. The Hall–Kier alpha value is -3.10. The first-order chi connectivity index (χ1) is 17.0. The fraction of sp³-hybridized carbons (Fsp3) is 0.296. The number of urea groups is 1. The van der Waals surface area contributed by atoms with Gasteiger partial charge in [-0.1, -0.05) is 66.2 Å². The minimum Gasteiger partial charge on any atom is -0.492 e. The molecule has 3 N–H and O–H groups in total. The van der Waals surface area contributed by atoms with Crippen molar-refractivity contribution in [3.8, 4) is 5.75 Å². The zero-order valence-electron chi connectivity index (χ0n) is 19.6. The summed E-state index contributed by atoms with van der Waals surface area (Å²) >= 11 is 6.14. The number of nitrogens with zero attached hydrogens (tertiary/aromatic N) is 3. The summed E-state index contributed by atoms with van der Waals surface area (Å²) in [5.74, 6) is 0.753. The second-order valence-electron chi connectivity index (χ2n) is 8.63.